The van der Waals surface area contributed by atoms with Gasteiger partial charge in [0.05, 0.1) is 11.9 Å². The molecule has 0 aromatic carbocycles. The highest BCUT2D eigenvalue weighted by Gasteiger charge is 2.35. The molecular formula is C12H21N3. The van der Waals surface area contributed by atoms with Crippen molar-refractivity contribution in [2.24, 2.45) is 5.73 Å². The van der Waals surface area contributed by atoms with Crippen molar-refractivity contribution in [1.82, 2.24) is 9.55 Å². The molecule has 0 unspecified atom stereocenters. The summed E-state index contributed by atoms with van der Waals surface area (Å²) in [6, 6.07) is 0. The average Bonchev–Trinajstić information content (AvgIpc) is 2.86. The number of rotatable bonds is 4. The van der Waals surface area contributed by atoms with Crippen molar-refractivity contribution < 1.29 is 0 Å². The van der Waals surface area contributed by atoms with Gasteiger partial charge >= 0.3 is 0 Å². The Labute approximate surface area is 91.7 Å². The van der Waals surface area contributed by atoms with Crippen LogP contribution in [0.15, 0.2) is 12.5 Å². The summed E-state index contributed by atoms with van der Waals surface area (Å²) >= 11 is 0. The molecule has 1 aromatic rings. The molecule has 3 heteroatoms. The normalized spacial score (nSPS) is 19.6. The van der Waals surface area contributed by atoms with E-state index in [-0.39, 0.29) is 5.54 Å². The molecule has 0 atom stereocenters. The van der Waals surface area contributed by atoms with Crippen LogP contribution in [0, 0.1) is 0 Å². The van der Waals surface area contributed by atoms with Gasteiger partial charge in [-0.2, -0.15) is 0 Å². The van der Waals surface area contributed by atoms with Crippen LogP contribution in [-0.4, -0.2) is 16.1 Å². The lowest BCUT2D eigenvalue weighted by Gasteiger charge is -2.31. The molecule has 1 aromatic heterocycles. The van der Waals surface area contributed by atoms with Crippen molar-refractivity contribution in [3.05, 3.63) is 18.2 Å². The number of aromatic nitrogens is 2. The zero-order valence-electron chi connectivity index (χ0n) is 9.58. The highest BCUT2D eigenvalue weighted by Crippen LogP contribution is 2.36. The van der Waals surface area contributed by atoms with Gasteiger partial charge in [0.15, 0.2) is 0 Å². The van der Waals surface area contributed by atoms with E-state index in [2.05, 4.69) is 16.5 Å². The third kappa shape index (κ3) is 1.81. The standard InChI is InChI=1S/C12H21N3/c1-2-5-11-8-14-10-15(11)12(9-13)6-3-4-7-12/h8,10H,2-7,9,13H2,1H3. The first kappa shape index (κ1) is 10.7. The summed E-state index contributed by atoms with van der Waals surface area (Å²) < 4.78 is 2.35. The molecule has 15 heavy (non-hydrogen) atoms. The number of hydrogen-bond acceptors (Lipinski definition) is 2. The van der Waals surface area contributed by atoms with Gasteiger partial charge < -0.3 is 10.3 Å². The second-order valence-corrected chi connectivity index (χ2v) is 4.64. The van der Waals surface area contributed by atoms with E-state index in [0.29, 0.717) is 0 Å². The smallest absolute Gasteiger partial charge is 0.0953 e. The molecule has 0 aliphatic heterocycles. The van der Waals surface area contributed by atoms with Gasteiger partial charge in [-0.1, -0.05) is 26.2 Å². The van der Waals surface area contributed by atoms with Gasteiger partial charge in [-0.3, -0.25) is 0 Å². The van der Waals surface area contributed by atoms with Crippen molar-refractivity contribution in [2.75, 3.05) is 6.54 Å². The van der Waals surface area contributed by atoms with Gasteiger partial charge in [-0.15, -0.1) is 0 Å². The minimum atomic E-state index is 0.182. The predicted molar refractivity (Wildman–Crippen MR) is 61.7 cm³/mol. The first-order valence-electron chi connectivity index (χ1n) is 6.04. The molecule has 0 amide bonds. The van der Waals surface area contributed by atoms with Gasteiger partial charge in [0.1, 0.15) is 0 Å². The first-order chi connectivity index (χ1) is 7.32. The number of aryl methyl sites for hydroxylation is 1. The average molecular weight is 207 g/mol. The summed E-state index contributed by atoms with van der Waals surface area (Å²) in [6.07, 6.45) is 11.3. The predicted octanol–water partition coefficient (Wildman–Crippen LogP) is 2.06. The SMILES string of the molecule is CCCc1cncn1C1(CN)CCCC1. The monoisotopic (exact) mass is 207 g/mol. The highest BCUT2D eigenvalue weighted by molar-refractivity contribution is 5.06. The third-order valence-corrected chi connectivity index (χ3v) is 3.65. The Hall–Kier alpha value is -0.830. The molecule has 1 fully saturated rings. The molecule has 0 bridgehead atoms. The third-order valence-electron chi connectivity index (χ3n) is 3.65. The van der Waals surface area contributed by atoms with Gasteiger partial charge in [0.2, 0.25) is 0 Å². The van der Waals surface area contributed by atoms with E-state index in [1.54, 1.807) is 0 Å². The Morgan fingerprint density at radius 2 is 2.20 bits per heavy atom. The lowest BCUT2D eigenvalue weighted by atomic mass is 9.97. The summed E-state index contributed by atoms with van der Waals surface area (Å²) in [6.45, 7) is 2.96. The molecule has 2 N–H and O–H groups in total. The molecule has 1 aliphatic rings. The van der Waals surface area contributed by atoms with E-state index < -0.39 is 0 Å². The van der Waals surface area contributed by atoms with Crippen LogP contribution in [0.4, 0.5) is 0 Å². The van der Waals surface area contributed by atoms with Crippen LogP contribution in [0.25, 0.3) is 0 Å². The van der Waals surface area contributed by atoms with Gasteiger partial charge in [-0.05, 0) is 19.3 Å². The zero-order chi connectivity index (χ0) is 10.7. The minimum Gasteiger partial charge on any atom is -0.328 e. The second kappa shape index (κ2) is 4.35. The minimum absolute atomic E-state index is 0.182. The topological polar surface area (TPSA) is 43.8 Å². The molecule has 3 nitrogen and oxygen atoms in total. The summed E-state index contributed by atoms with van der Waals surface area (Å²) in [5, 5.41) is 0. The maximum Gasteiger partial charge on any atom is 0.0953 e. The lowest BCUT2D eigenvalue weighted by Crippen LogP contribution is -2.39. The Morgan fingerprint density at radius 3 is 2.80 bits per heavy atom. The number of nitrogens with two attached hydrogens (primary N) is 1. The molecule has 2 rings (SSSR count). The largest absolute Gasteiger partial charge is 0.328 e. The van der Waals surface area contributed by atoms with E-state index in [1.807, 2.05) is 12.5 Å². The van der Waals surface area contributed by atoms with Crippen LogP contribution in [0.5, 0.6) is 0 Å². The maximum atomic E-state index is 5.98. The van der Waals surface area contributed by atoms with E-state index in [9.17, 15) is 0 Å². The summed E-state index contributed by atoms with van der Waals surface area (Å²) in [5.74, 6) is 0. The van der Waals surface area contributed by atoms with Crippen molar-refractivity contribution in [3.63, 3.8) is 0 Å². The zero-order valence-corrected chi connectivity index (χ0v) is 9.58. The van der Waals surface area contributed by atoms with Crippen molar-refractivity contribution in [2.45, 2.75) is 51.0 Å². The van der Waals surface area contributed by atoms with Gasteiger partial charge in [0, 0.05) is 18.4 Å². The van der Waals surface area contributed by atoms with Crippen LogP contribution in [0.2, 0.25) is 0 Å². The van der Waals surface area contributed by atoms with E-state index in [0.717, 1.165) is 13.0 Å². The summed E-state index contributed by atoms with van der Waals surface area (Å²) in [4.78, 5) is 4.29. The summed E-state index contributed by atoms with van der Waals surface area (Å²) in [5.41, 5.74) is 7.51. The van der Waals surface area contributed by atoms with E-state index >= 15 is 0 Å². The Balaban J connectivity index is 2.29. The Morgan fingerprint density at radius 1 is 1.47 bits per heavy atom. The fourth-order valence-corrected chi connectivity index (χ4v) is 2.77. The molecule has 1 heterocycles. The number of hydrogen-bond donors (Lipinski definition) is 1. The summed E-state index contributed by atoms with van der Waals surface area (Å²) in [7, 11) is 0. The second-order valence-electron chi connectivity index (χ2n) is 4.64. The highest BCUT2D eigenvalue weighted by atomic mass is 15.1. The van der Waals surface area contributed by atoms with E-state index in [4.69, 9.17) is 5.73 Å². The Kier molecular flexibility index (Phi) is 3.10. The number of nitrogens with zero attached hydrogens (tertiary/aromatic N) is 2. The van der Waals surface area contributed by atoms with Gasteiger partial charge in [0.25, 0.3) is 0 Å². The van der Waals surface area contributed by atoms with Crippen LogP contribution in [0.3, 0.4) is 0 Å². The molecule has 0 radical (unpaired) electrons. The fourth-order valence-electron chi connectivity index (χ4n) is 2.77. The lowest BCUT2D eigenvalue weighted by molar-refractivity contribution is 0.295. The van der Waals surface area contributed by atoms with Crippen LogP contribution in [-0.2, 0) is 12.0 Å². The molecular weight excluding hydrogens is 186 g/mol. The van der Waals surface area contributed by atoms with Crippen molar-refractivity contribution >= 4 is 0 Å². The first-order valence-corrected chi connectivity index (χ1v) is 6.04. The molecule has 1 aliphatic carbocycles. The van der Waals surface area contributed by atoms with Crippen LogP contribution in [0.1, 0.15) is 44.7 Å². The Bertz CT molecular complexity index is 310. The molecule has 1 saturated carbocycles. The maximum absolute atomic E-state index is 5.98. The van der Waals surface area contributed by atoms with E-state index in [1.165, 1.54) is 37.8 Å². The van der Waals surface area contributed by atoms with Crippen LogP contribution >= 0.6 is 0 Å². The number of imidazole rings is 1. The van der Waals surface area contributed by atoms with Crippen molar-refractivity contribution in [3.8, 4) is 0 Å². The molecule has 84 valence electrons. The van der Waals surface area contributed by atoms with Crippen LogP contribution < -0.4 is 5.73 Å². The molecule has 0 saturated heterocycles. The molecule has 0 spiro atoms. The van der Waals surface area contributed by atoms with Gasteiger partial charge in [-0.25, -0.2) is 4.98 Å². The quantitative estimate of drug-likeness (QED) is 0.821. The fraction of sp³-hybridized carbons (Fsp3) is 0.750. The van der Waals surface area contributed by atoms with Crippen molar-refractivity contribution in [1.29, 1.82) is 0 Å².